The SMILES string of the molecule is Cc1ccccc1-c1c2c(cc[n+]1C)c1cc3ccccc3cc1n2C.[2H]C([2H])([2H])c1ccc(-c2c3c(c(C([2H])([2H])[2H])c[n+]2C)c2ccc4cc(C5([2H])CCCC5)ccc4c2n3C)c(C)c1.[2H]C([2H])([2H])c1ccc(-c2c3c(c(C([2H])([2H])[2H])c[n+]2C)c2ccc4cc(C5([2H])CCCCC5)ccc4c2n3C)c(C)c1.[2H]C1(c2ccc3c(ccc4c5cc[n+](C)c(-c6ccccc6C)c5n(C)c34)c2)CCCC1. The average molecular weight is 1640 g/mol. The van der Waals surface area contributed by atoms with Gasteiger partial charge in [0, 0.05) is 137 Å². The summed E-state index contributed by atoms with van der Waals surface area (Å²) in [7, 11) is 16.3. The summed E-state index contributed by atoms with van der Waals surface area (Å²) in [6.07, 6.45) is 21.0. The number of hydrogen-bond acceptors (Lipinski definition) is 0. The van der Waals surface area contributed by atoms with Gasteiger partial charge >= 0.3 is 0 Å². The Kier molecular flexibility index (Phi) is 16.6. The van der Waals surface area contributed by atoms with Crippen molar-refractivity contribution in [2.75, 3.05) is 0 Å². The van der Waals surface area contributed by atoms with Gasteiger partial charge in [-0.25, -0.2) is 0 Å². The Labute approximate surface area is 751 Å². The molecule has 618 valence electrons. The molecule has 8 heterocycles. The van der Waals surface area contributed by atoms with Gasteiger partial charge in [0.2, 0.25) is 22.8 Å². The highest BCUT2D eigenvalue weighted by atomic mass is 15.0. The summed E-state index contributed by atoms with van der Waals surface area (Å²) in [4.78, 5) is 0. The smallest absolute Gasteiger partial charge is 0.237 e. The third-order valence-corrected chi connectivity index (χ3v) is 27.9. The van der Waals surface area contributed by atoms with Crippen molar-refractivity contribution in [2.24, 2.45) is 56.4 Å². The number of hydrogen-bond donors (Lipinski definition) is 0. The second-order valence-electron chi connectivity index (χ2n) is 35.6. The van der Waals surface area contributed by atoms with E-state index in [1.165, 1.54) is 124 Å². The molecule has 0 N–H and O–H groups in total. The quantitative estimate of drug-likeness (QED) is 0.143. The molecule has 8 aromatic heterocycles. The number of benzene rings is 12. The van der Waals surface area contributed by atoms with Gasteiger partial charge in [-0.15, -0.1) is 0 Å². The zero-order valence-corrected chi connectivity index (χ0v) is 73.4. The number of pyridine rings is 4. The summed E-state index contributed by atoms with van der Waals surface area (Å²) in [5.41, 5.74) is 25.6. The molecule has 8 nitrogen and oxygen atoms in total. The van der Waals surface area contributed by atoms with Crippen LogP contribution in [0, 0.1) is 55.1 Å². The summed E-state index contributed by atoms with van der Waals surface area (Å²) in [5, 5.41) is 17.5. The van der Waals surface area contributed by atoms with Crippen molar-refractivity contribution in [3.8, 4) is 45.0 Å². The van der Waals surface area contributed by atoms with Crippen molar-refractivity contribution >= 4 is 130 Å². The van der Waals surface area contributed by atoms with E-state index in [9.17, 15) is 0 Å². The van der Waals surface area contributed by atoms with Crippen LogP contribution >= 0.6 is 0 Å². The van der Waals surface area contributed by atoms with Crippen LogP contribution in [0.3, 0.4) is 0 Å². The van der Waals surface area contributed by atoms with Crippen molar-refractivity contribution < 1.29 is 38.8 Å². The Balaban J connectivity index is 0.000000116. The van der Waals surface area contributed by atoms with Crippen LogP contribution in [0.1, 0.15) is 183 Å². The molecule has 0 bridgehead atoms. The molecule has 0 spiro atoms. The molecule has 3 aliphatic rings. The van der Waals surface area contributed by atoms with Gasteiger partial charge in [0.15, 0.2) is 24.8 Å². The van der Waals surface area contributed by atoms with Crippen molar-refractivity contribution in [3.05, 3.63) is 310 Å². The van der Waals surface area contributed by atoms with E-state index in [0.29, 0.717) is 10.8 Å². The van der Waals surface area contributed by atoms with Crippen LogP contribution in [-0.2, 0) is 56.4 Å². The Morgan fingerprint density at radius 1 is 0.274 bits per heavy atom. The number of nitrogens with zero attached hydrogens (tertiary/aromatic N) is 8. The van der Waals surface area contributed by atoms with Gasteiger partial charge in [-0.2, -0.15) is 18.3 Å². The molecule has 0 amide bonds. The second kappa shape index (κ2) is 32.0. The van der Waals surface area contributed by atoms with Gasteiger partial charge in [0.1, 0.15) is 50.3 Å². The fourth-order valence-electron chi connectivity index (χ4n) is 21.8. The van der Waals surface area contributed by atoms with Crippen molar-refractivity contribution in [1.29, 1.82) is 0 Å². The van der Waals surface area contributed by atoms with Crippen molar-refractivity contribution in [2.45, 2.75) is 156 Å². The van der Waals surface area contributed by atoms with E-state index in [2.05, 4.69) is 252 Å². The minimum absolute atomic E-state index is 0.278. The van der Waals surface area contributed by atoms with Crippen LogP contribution in [0.2, 0.25) is 0 Å². The monoisotopic (exact) mass is 1640 g/mol. The van der Waals surface area contributed by atoms with E-state index < -0.39 is 45.1 Å². The van der Waals surface area contributed by atoms with Gasteiger partial charge in [-0.1, -0.05) is 232 Å². The first-order valence-corrected chi connectivity index (χ1v) is 44.3. The molecule has 0 atom stereocenters. The Morgan fingerprint density at radius 3 is 1.06 bits per heavy atom. The van der Waals surface area contributed by atoms with Crippen LogP contribution in [0.25, 0.3) is 175 Å². The highest BCUT2D eigenvalue weighted by Gasteiger charge is 2.31. The lowest BCUT2D eigenvalue weighted by molar-refractivity contribution is -0.659. The van der Waals surface area contributed by atoms with Crippen LogP contribution in [-0.4, -0.2) is 18.3 Å². The van der Waals surface area contributed by atoms with E-state index in [0.717, 1.165) is 163 Å². The molecule has 0 radical (unpaired) electrons. The van der Waals surface area contributed by atoms with Gasteiger partial charge in [-0.3, -0.25) is 0 Å². The van der Waals surface area contributed by atoms with Crippen LogP contribution < -0.4 is 18.3 Å². The standard InChI is InChI=1S/C32H35N2.C31H33N2.C29H29N2.C24H21N2/c1-20-11-14-26(21(2)17-20)31-32-29(22(3)19-33(31)4)28-16-13-25-18-24(23-9-7-6-8-10-23)12-15-27(25)30(28)34(32)5;1-19-10-13-25(20(2)16-19)30-31-28(21(3)18-32(30)4)27-15-12-24-17-23(22-8-6-7-9-22)11-14-26(24)29(27)33(31)5;1-19-8-4-7-11-23(19)28-29-26(16-17-30(28)2)25-15-13-22-18-21(20-9-5-6-10-20)12-14-24(22)27(25)31(29)3;1-16-8-4-7-11-19(16)23-24-20(12-13-25(23)2)21-14-17-9-5-6-10-18(17)15-22(21)26(24)3/h11-19,23H,6-10H2,1-5H3;10-18,22H,6-9H2,1-5H3;4,7-8,11-18,20H,5-6,9-10H2,1-3H3;4-15H,1-3H3/q4*+1/i1D3,3D3,23D;1D3,3D3,22D;20D;. The number of aryl methyl sites for hydroxylation is 16. The Hall–Kier alpha value is -12.5. The first-order valence-electron chi connectivity index (χ1n) is 51.8. The minimum Gasteiger partial charge on any atom is -0.338 e. The zero-order chi connectivity index (χ0) is 98.1. The van der Waals surface area contributed by atoms with Crippen molar-refractivity contribution in [1.82, 2.24) is 18.3 Å². The Morgan fingerprint density at radius 2 is 0.629 bits per heavy atom. The fourth-order valence-corrected chi connectivity index (χ4v) is 21.8. The van der Waals surface area contributed by atoms with E-state index in [1.54, 1.807) is 36.7 Å². The third-order valence-electron chi connectivity index (χ3n) is 27.9. The van der Waals surface area contributed by atoms with E-state index in [-0.39, 0.29) is 22.3 Å². The van der Waals surface area contributed by atoms with E-state index >= 15 is 0 Å². The fraction of sp³-hybridized carbons (Fsp3) is 0.276. The highest BCUT2D eigenvalue weighted by molar-refractivity contribution is 6.23. The molecule has 3 fully saturated rings. The zero-order valence-electron chi connectivity index (χ0n) is 88.4. The number of rotatable bonds is 7. The topological polar surface area (TPSA) is 35.2 Å². The normalized spacial score (nSPS) is 17.2. The molecule has 8 heteroatoms. The van der Waals surface area contributed by atoms with Crippen LogP contribution in [0.4, 0.5) is 0 Å². The molecule has 124 heavy (non-hydrogen) atoms. The van der Waals surface area contributed by atoms with E-state index in [1.807, 2.05) is 81.5 Å². The van der Waals surface area contributed by atoms with Crippen LogP contribution in [0.15, 0.2) is 249 Å². The third kappa shape index (κ3) is 13.5. The number of fused-ring (bicyclic) bond motifs is 19. The maximum atomic E-state index is 9.14. The first kappa shape index (κ1) is 64.3. The van der Waals surface area contributed by atoms with E-state index in [4.69, 9.17) is 20.6 Å². The summed E-state index contributed by atoms with van der Waals surface area (Å²) in [5.74, 6) is -1.52. The lowest BCUT2D eigenvalue weighted by Gasteiger charge is -2.22. The predicted octanol–water partition coefficient (Wildman–Crippen LogP) is 27.7. The molecule has 12 aromatic carbocycles. The first-order chi connectivity index (χ1) is 66.0. The van der Waals surface area contributed by atoms with Gasteiger partial charge < -0.3 is 18.3 Å². The summed E-state index contributed by atoms with van der Waals surface area (Å²) >= 11 is 0. The molecular formula is C116H118N8+4. The van der Waals surface area contributed by atoms with Gasteiger partial charge in [-0.05, 0) is 214 Å². The molecule has 3 aliphatic carbocycles. The maximum absolute atomic E-state index is 9.14. The largest absolute Gasteiger partial charge is 0.338 e. The molecule has 0 unspecified atom stereocenters. The summed E-state index contributed by atoms with van der Waals surface area (Å²) in [6, 6.07) is 77.4. The second-order valence-corrected chi connectivity index (χ2v) is 35.6. The molecule has 0 saturated heterocycles. The molecule has 23 rings (SSSR count). The Bertz CT molecular complexity index is 8450. The molecular weight excluding hydrogens is 1510 g/mol. The number of aromatic nitrogens is 8. The summed E-state index contributed by atoms with van der Waals surface area (Å²) < 4.78 is 142. The van der Waals surface area contributed by atoms with Gasteiger partial charge in [0.05, 0.1) is 38.8 Å². The molecule has 3 saturated carbocycles. The van der Waals surface area contributed by atoms with Gasteiger partial charge in [0.25, 0.3) is 0 Å². The van der Waals surface area contributed by atoms with Crippen LogP contribution in [0.5, 0.6) is 0 Å². The maximum Gasteiger partial charge on any atom is 0.237 e. The lowest BCUT2D eigenvalue weighted by Crippen LogP contribution is -2.32. The molecule has 20 aromatic rings. The summed E-state index contributed by atoms with van der Waals surface area (Å²) in [6.45, 7) is -0.915. The molecule has 0 aliphatic heterocycles. The minimum atomic E-state index is -2.33. The average Bonchev–Trinajstić information content (AvgIpc) is 1.56. The lowest BCUT2D eigenvalue weighted by atomic mass is 9.83. The predicted molar refractivity (Wildman–Crippen MR) is 524 cm³/mol. The highest BCUT2D eigenvalue weighted by Crippen LogP contribution is 2.47. The van der Waals surface area contributed by atoms with Crippen molar-refractivity contribution in [3.63, 3.8) is 0 Å².